The second-order valence-corrected chi connectivity index (χ2v) is 7.67. The zero-order valence-electron chi connectivity index (χ0n) is 15.7. The molecule has 8 heteroatoms. The molecule has 2 aromatic heterocycles. The lowest BCUT2D eigenvalue weighted by Crippen LogP contribution is -2.38. The second-order valence-electron chi connectivity index (χ2n) is 6.90. The summed E-state index contributed by atoms with van der Waals surface area (Å²) in [7, 11) is 2.05. The molecule has 2 aromatic rings. The molecule has 26 heavy (non-hydrogen) atoms. The standard InChI is InChI=1S/C18H26N6OS/c1-13-15(17(22(2)21-13)24-6-8-25-9-7-24)12-23-5-4-16-14(11-23)10-19-18(20-16)26-3/h10H,4-9,11-12H2,1-3H3. The molecular formula is C18H26N6OS. The van der Waals surface area contributed by atoms with Gasteiger partial charge >= 0.3 is 0 Å². The van der Waals surface area contributed by atoms with Crippen molar-refractivity contribution in [2.24, 2.45) is 7.05 Å². The molecule has 4 heterocycles. The molecule has 0 N–H and O–H groups in total. The smallest absolute Gasteiger partial charge is 0.187 e. The highest BCUT2D eigenvalue weighted by atomic mass is 32.2. The number of fused-ring (bicyclic) bond motifs is 1. The first-order valence-corrected chi connectivity index (χ1v) is 10.3. The van der Waals surface area contributed by atoms with E-state index in [0.717, 1.165) is 63.2 Å². The number of anilines is 1. The number of aryl methyl sites for hydroxylation is 2. The van der Waals surface area contributed by atoms with Crippen molar-refractivity contribution in [2.45, 2.75) is 31.6 Å². The number of morpholine rings is 1. The van der Waals surface area contributed by atoms with E-state index in [9.17, 15) is 0 Å². The molecular weight excluding hydrogens is 348 g/mol. The quantitative estimate of drug-likeness (QED) is 0.595. The Labute approximate surface area is 158 Å². The van der Waals surface area contributed by atoms with Crippen molar-refractivity contribution in [3.8, 4) is 0 Å². The fourth-order valence-corrected chi connectivity index (χ4v) is 4.22. The number of ether oxygens (including phenoxy) is 1. The largest absolute Gasteiger partial charge is 0.378 e. The molecule has 1 fully saturated rings. The third kappa shape index (κ3) is 3.45. The van der Waals surface area contributed by atoms with Crippen LogP contribution >= 0.6 is 11.8 Å². The first-order valence-electron chi connectivity index (χ1n) is 9.12. The van der Waals surface area contributed by atoms with Crippen molar-refractivity contribution in [1.29, 1.82) is 0 Å². The molecule has 0 bridgehead atoms. The fourth-order valence-electron chi connectivity index (χ4n) is 3.86. The van der Waals surface area contributed by atoms with Crippen molar-refractivity contribution in [1.82, 2.24) is 24.6 Å². The summed E-state index contributed by atoms with van der Waals surface area (Å²) in [4.78, 5) is 14.0. The number of thioether (sulfide) groups is 1. The maximum Gasteiger partial charge on any atom is 0.187 e. The van der Waals surface area contributed by atoms with E-state index in [-0.39, 0.29) is 0 Å². The summed E-state index contributed by atoms with van der Waals surface area (Å²) in [5.41, 5.74) is 4.91. The Kier molecular flexibility index (Phi) is 5.15. The highest BCUT2D eigenvalue weighted by molar-refractivity contribution is 7.98. The van der Waals surface area contributed by atoms with E-state index >= 15 is 0 Å². The number of hydrogen-bond acceptors (Lipinski definition) is 7. The minimum Gasteiger partial charge on any atom is -0.378 e. The average molecular weight is 375 g/mol. The SMILES string of the molecule is CSc1ncc2c(n1)CCN(Cc1c(C)nn(C)c1N1CCOCC1)C2. The molecule has 1 saturated heterocycles. The first-order chi connectivity index (χ1) is 12.7. The zero-order valence-corrected chi connectivity index (χ0v) is 16.6. The van der Waals surface area contributed by atoms with Gasteiger partial charge in [-0.3, -0.25) is 9.58 Å². The van der Waals surface area contributed by atoms with Crippen LogP contribution in [0.1, 0.15) is 22.5 Å². The van der Waals surface area contributed by atoms with E-state index in [0.29, 0.717) is 0 Å². The molecule has 0 saturated carbocycles. The Hall–Kier alpha value is -1.64. The van der Waals surface area contributed by atoms with Crippen LogP contribution in [0.5, 0.6) is 0 Å². The van der Waals surface area contributed by atoms with Crippen molar-refractivity contribution < 1.29 is 4.74 Å². The summed E-state index contributed by atoms with van der Waals surface area (Å²) in [5.74, 6) is 1.24. The Morgan fingerprint density at radius 2 is 2.04 bits per heavy atom. The minimum atomic E-state index is 0.788. The van der Waals surface area contributed by atoms with Gasteiger partial charge in [-0.05, 0) is 13.2 Å². The summed E-state index contributed by atoms with van der Waals surface area (Å²) < 4.78 is 7.55. The molecule has 7 nitrogen and oxygen atoms in total. The third-order valence-electron chi connectivity index (χ3n) is 5.18. The topological polar surface area (TPSA) is 59.3 Å². The van der Waals surface area contributed by atoms with Crippen molar-refractivity contribution >= 4 is 17.6 Å². The summed E-state index contributed by atoms with van der Waals surface area (Å²) in [6.45, 7) is 8.39. The first kappa shape index (κ1) is 17.8. The van der Waals surface area contributed by atoms with Gasteiger partial charge in [0, 0.05) is 63.5 Å². The van der Waals surface area contributed by atoms with Crippen molar-refractivity contribution in [3.05, 3.63) is 28.7 Å². The fraction of sp³-hybridized carbons (Fsp3) is 0.611. The third-order valence-corrected chi connectivity index (χ3v) is 5.74. The minimum absolute atomic E-state index is 0.788. The predicted octanol–water partition coefficient (Wildman–Crippen LogP) is 1.64. The number of hydrogen-bond donors (Lipinski definition) is 0. The number of nitrogens with zero attached hydrogens (tertiary/aromatic N) is 6. The highest BCUT2D eigenvalue weighted by Crippen LogP contribution is 2.28. The van der Waals surface area contributed by atoms with E-state index in [2.05, 4.69) is 26.7 Å². The summed E-state index contributed by atoms with van der Waals surface area (Å²) >= 11 is 1.60. The summed E-state index contributed by atoms with van der Waals surface area (Å²) in [5, 5.41) is 5.57. The average Bonchev–Trinajstić information content (AvgIpc) is 2.95. The molecule has 0 atom stereocenters. The molecule has 0 amide bonds. The van der Waals surface area contributed by atoms with Crippen LogP contribution in [0, 0.1) is 6.92 Å². The van der Waals surface area contributed by atoms with Gasteiger partial charge in [-0.1, -0.05) is 11.8 Å². The molecule has 0 aliphatic carbocycles. The van der Waals surface area contributed by atoms with Crippen LogP contribution in [-0.4, -0.2) is 63.8 Å². The summed E-state index contributed by atoms with van der Waals surface area (Å²) in [6, 6.07) is 0. The molecule has 2 aliphatic heterocycles. The van der Waals surface area contributed by atoms with Gasteiger partial charge in [0.15, 0.2) is 5.16 Å². The van der Waals surface area contributed by atoms with Crippen molar-refractivity contribution in [3.63, 3.8) is 0 Å². The monoisotopic (exact) mass is 374 g/mol. The van der Waals surface area contributed by atoms with Crippen molar-refractivity contribution in [2.75, 3.05) is 44.0 Å². The molecule has 0 unspecified atom stereocenters. The highest BCUT2D eigenvalue weighted by Gasteiger charge is 2.25. The van der Waals surface area contributed by atoms with E-state index in [1.165, 1.54) is 22.6 Å². The predicted molar refractivity (Wildman–Crippen MR) is 103 cm³/mol. The summed E-state index contributed by atoms with van der Waals surface area (Å²) in [6.07, 6.45) is 5.01. The molecule has 2 aliphatic rings. The maximum atomic E-state index is 5.52. The maximum absolute atomic E-state index is 5.52. The van der Waals surface area contributed by atoms with E-state index < -0.39 is 0 Å². The van der Waals surface area contributed by atoms with Crippen LogP contribution in [0.3, 0.4) is 0 Å². The Bertz CT molecular complexity index is 786. The molecule has 4 rings (SSSR count). The lowest BCUT2D eigenvalue weighted by atomic mass is 10.1. The zero-order chi connectivity index (χ0) is 18.1. The Morgan fingerprint density at radius 1 is 1.23 bits per heavy atom. The van der Waals surface area contributed by atoms with Gasteiger partial charge in [-0.2, -0.15) is 5.10 Å². The molecule has 140 valence electrons. The van der Waals surface area contributed by atoms with Gasteiger partial charge in [0.05, 0.1) is 24.6 Å². The van der Waals surface area contributed by atoms with Crippen LogP contribution in [0.2, 0.25) is 0 Å². The van der Waals surface area contributed by atoms with Crippen LogP contribution in [-0.2, 0) is 31.3 Å². The Morgan fingerprint density at radius 3 is 2.81 bits per heavy atom. The second kappa shape index (κ2) is 7.54. The van der Waals surface area contributed by atoms with Crippen LogP contribution < -0.4 is 4.90 Å². The van der Waals surface area contributed by atoms with Gasteiger partial charge in [-0.15, -0.1) is 0 Å². The molecule has 0 radical (unpaired) electrons. The molecule has 0 spiro atoms. The van der Waals surface area contributed by atoms with E-state index in [4.69, 9.17) is 9.84 Å². The van der Waals surface area contributed by atoms with Gasteiger partial charge < -0.3 is 9.64 Å². The van der Waals surface area contributed by atoms with Gasteiger partial charge in [-0.25, -0.2) is 9.97 Å². The van der Waals surface area contributed by atoms with Gasteiger partial charge in [0.25, 0.3) is 0 Å². The van der Waals surface area contributed by atoms with E-state index in [1.54, 1.807) is 11.8 Å². The lowest BCUT2D eigenvalue weighted by Gasteiger charge is -2.32. The molecule has 0 aromatic carbocycles. The lowest BCUT2D eigenvalue weighted by molar-refractivity contribution is 0.122. The van der Waals surface area contributed by atoms with Gasteiger partial charge in [0.1, 0.15) is 5.82 Å². The van der Waals surface area contributed by atoms with Crippen LogP contribution in [0.25, 0.3) is 0 Å². The Balaban J connectivity index is 1.54. The number of rotatable bonds is 4. The van der Waals surface area contributed by atoms with Crippen LogP contribution in [0.4, 0.5) is 5.82 Å². The normalized spacial score (nSPS) is 18.2. The van der Waals surface area contributed by atoms with Crippen LogP contribution in [0.15, 0.2) is 11.4 Å². The number of aromatic nitrogens is 4. The van der Waals surface area contributed by atoms with Gasteiger partial charge in [0.2, 0.25) is 0 Å². The van der Waals surface area contributed by atoms with E-state index in [1.807, 2.05) is 24.2 Å².